The Hall–Kier alpha value is -2.54. The standard InChI is InChI=1S/C22H25N3O3S/c1-28-20(26)13-19-21(27)25(22(29-19)24-16-7-3-2-4-8-16)12-11-15-14-23-18-10-6-5-9-17(15)18/h5-6,9-10,13-14,16,23H,2-4,7-8,11-12H2,1H3/b19-13+,24-22?. The van der Waals surface area contributed by atoms with Gasteiger partial charge in [0.25, 0.3) is 5.91 Å². The number of fused-ring (bicyclic) bond motifs is 1. The average Bonchev–Trinajstić information content (AvgIpc) is 3.28. The average molecular weight is 412 g/mol. The second-order valence-corrected chi connectivity index (χ2v) is 8.41. The van der Waals surface area contributed by atoms with Crippen LogP contribution in [0.4, 0.5) is 0 Å². The van der Waals surface area contributed by atoms with Gasteiger partial charge in [-0.15, -0.1) is 0 Å². The largest absolute Gasteiger partial charge is 0.466 e. The van der Waals surface area contributed by atoms with Crippen molar-refractivity contribution in [2.24, 2.45) is 4.99 Å². The summed E-state index contributed by atoms with van der Waals surface area (Å²) in [6.45, 7) is 0.526. The molecule has 1 aromatic carbocycles. The molecule has 4 rings (SSSR count). The monoisotopic (exact) mass is 411 g/mol. The number of carbonyl (C=O) groups excluding carboxylic acids is 2. The van der Waals surface area contributed by atoms with E-state index in [-0.39, 0.29) is 11.9 Å². The second kappa shape index (κ2) is 8.86. The first-order valence-electron chi connectivity index (χ1n) is 10.1. The summed E-state index contributed by atoms with van der Waals surface area (Å²) in [6, 6.07) is 8.41. The van der Waals surface area contributed by atoms with Crippen LogP contribution in [0.2, 0.25) is 0 Å². The minimum Gasteiger partial charge on any atom is -0.466 e. The molecule has 2 fully saturated rings. The van der Waals surface area contributed by atoms with Crippen molar-refractivity contribution in [2.45, 2.75) is 44.6 Å². The lowest BCUT2D eigenvalue weighted by atomic mass is 9.96. The number of hydrogen-bond donors (Lipinski definition) is 1. The summed E-state index contributed by atoms with van der Waals surface area (Å²) in [4.78, 5) is 34.9. The number of amides is 1. The van der Waals surface area contributed by atoms with Gasteiger partial charge in [-0.05, 0) is 42.7 Å². The van der Waals surface area contributed by atoms with E-state index in [1.165, 1.54) is 55.2 Å². The first kappa shape index (κ1) is 19.8. The number of hydrogen-bond acceptors (Lipinski definition) is 5. The van der Waals surface area contributed by atoms with E-state index in [0.717, 1.165) is 18.4 Å². The van der Waals surface area contributed by atoms with Gasteiger partial charge in [0.05, 0.1) is 18.1 Å². The predicted molar refractivity (Wildman–Crippen MR) is 116 cm³/mol. The van der Waals surface area contributed by atoms with Gasteiger partial charge in [-0.25, -0.2) is 4.79 Å². The maximum Gasteiger partial charge on any atom is 0.331 e. The molecular formula is C22H25N3O3S. The van der Waals surface area contributed by atoms with Crippen LogP contribution in [0.15, 0.2) is 46.4 Å². The molecule has 0 atom stereocenters. The number of thioether (sulfide) groups is 1. The fourth-order valence-corrected chi connectivity index (χ4v) is 4.94. The van der Waals surface area contributed by atoms with E-state index in [4.69, 9.17) is 9.73 Å². The Labute approximate surface area is 174 Å². The van der Waals surface area contributed by atoms with Gasteiger partial charge >= 0.3 is 5.97 Å². The number of H-pyrrole nitrogens is 1. The Bertz CT molecular complexity index is 973. The number of amidine groups is 1. The van der Waals surface area contributed by atoms with Crippen LogP contribution in [-0.4, -0.2) is 46.6 Å². The molecule has 7 heteroatoms. The third kappa shape index (κ3) is 4.40. The van der Waals surface area contributed by atoms with Crippen LogP contribution in [0.3, 0.4) is 0 Å². The Morgan fingerprint density at radius 2 is 2.10 bits per heavy atom. The van der Waals surface area contributed by atoms with Crippen molar-refractivity contribution in [3.8, 4) is 0 Å². The molecular weight excluding hydrogens is 386 g/mol. The van der Waals surface area contributed by atoms with Crippen molar-refractivity contribution in [1.29, 1.82) is 0 Å². The zero-order valence-corrected chi connectivity index (χ0v) is 17.3. The van der Waals surface area contributed by atoms with Crippen LogP contribution < -0.4 is 0 Å². The number of rotatable bonds is 5. The zero-order valence-electron chi connectivity index (χ0n) is 16.5. The minimum absolute atomic E-state index is 0.171. The SMILES string of the molecule is COC(=O)/C=C1/SC(=NC2CCCCC2)N(CCc2c[nH]c3ccccc23)C1=O. The Kier molecular flexibility index (Phi) is 6.04. The molecule has 1 amide bonds. The molecule has 1 saturated carbocycles. The summed E-state index contributed by atoms with van der Waals surface area (Å²) < 4.78 is 4.70. The first-order chi connectivity index (χ1) is 14.2. The number of carbonyl (C=O) groups is 2. The fourth-order valence-electron chi connectivity index (χ4n) is 3.90. The van der Waals surface area contributed by atoms with Gasteiger partial charge in [-0.3, -0.25) is 14.7 Å². The van der Waals surface area contributed by atoms with E-state index in [1.54, 1.807) is 4.90 Å². The van der Waals surface area contributed by atoms with Crippen LogP contribution in [0.5, 0.6) is 0 Å². The normalized spacial score (nSPS) is 20.9. The van der Waals surface area contributed by atoms with Crippen molar-refractivity contribution in [3.05, 3.63) is 47.0 Å². The van der Waals surface area contributed by atoms with Gasteiger partial charge in [0.15, 0.2) is 5.17 Å². The van der Waals surface area contributed by atoms with E-state index >= 15 is 0 Å². The van der Waals surface area contributed by atoms with Crippen molar-refractivity contribution < 1.29 is 14.3 Å². The third-order valence-corrected chi connectivity index (χ3v) is 6.51. The van der Waals surface area contributed by atoms with Crippen molar-refractivity contribution in [2.75, 3.05) is 13.7 Å². The van der Waals surface area contributed by atoms with Gasteiger partial charge in [0.2, 0.25) is 0 Å². The number of benzene rings is 1. The van der Waals surface area contributed by atoms with Crippen molar-refractivity contribution >= 4 is 39.7 Å². The number of para-hydroxylation sites is 1. The number of aromatic amines is 1. The number of ether oxygens (including phenoxy) is 1. The molecule has 2 heterocycles. The highest BCUT2D eigenvalue weighted by molar-refractivity contribution is 8.18. The molecule has 2 aromatic rings. The van der Waals surface area contributed by atoms with Crippen LogP contribution in [-0.2, 0) is 20.7 Å². The molecule has 1 N–H and O–H groups in total. The number of esters is 1. The second-order valence-electron chi connectivity index (χ2n) is 7.40. The van der Waals surface area contributed by atoms with E-state index < -0.39 is 5.97 Å². The topological polar surface area (TPSA) is 74.8 Å². The lowest BCUT2D eigenvalue weighted by molar-refractivity contribution is -0.135. The summed E-state index contributed by atoms with van der Waals surface area (Å²) in [5.74, 6) is -0.689. The predicted octanol–water partition coefficient (Wildman–Crippen LogP) is 4.03. The molecule has 1 saturated heterocycles. The molecule has 6 nitrogen and oxygen atoms in total. The highest BCUT2D eigenvalue weighted by Crippen LogP contribution is 2.33. The molecule has 1 aliphatic heterocycles. The summed E-state index contributed by atoms with van der Waals surface area (Å²) in [5, 5.41) is 1.87. The molecule has 152 valence electrons. The van der Waals surface area contributed by atoms with E-state index in [2.05, 4.69) is 11.1 Å². The smallest absolute Gasteiger partial charge is 0.331 e. The lowest BCUT2D eigenvalue weighted by Crippen LogP contribution is -2.32. The van der Waals surface area contributed by atoms with Gasteiger partial charge in [-0.1, -0.05) is 37.5 Å². The fraction of sp³-hybridized carbons (Fsp3) is 0.409. The quantitative estimate of drug-likeness (QED) is 0.595. The van der Waals surface area contributed by atoms with Crippen molar-refractivity contribution in [1.82, 2.24) is 9.88 Å². The van der Waals surface area contributed by atoms with Gasteiger partial charge < -0.3 is 9.72 Å². The highest BCUT2D eigenvalue weighted by Gasteiger charge is 2.34. The number of aliphatic imine (C=N–C) groups is 1. The maximum absolute atomic E-state index is 13.0. The first-order valence-corrected chi connectivity index (χ1v) is 10.9. The summed E-state index contributed by atoms with van der Waals surface area (Å²) in [7, 11) is 1.31. The van der Waals surface area contributed by atoms with Crippen molar-refractivity contribution in [3.63, 3.8) is 0 Å². The molecule has 1 aromatic heterocycles. The minimum atomic E-state index is -0.517. The Morgan fingerprint density at radius 1 is 1.31 bits per heavy atom. The number of methoxy groups -OCH3 is 1. The van der Waals surface area contributed by atoms with E-state index in [1.807, 2.05) is 24.4 Å². The van der Waals surface area contributed by atoms with Crippen LogP contribution in [0.1, 0.15) is 37.7 Å². The van der Waals surface area contributed by atoms with Gasteiger partial charge in [0, 0.05) is 29.7 Å². The number of aromatic nitrogens is 1. The summed E-state index contributed by atoms with van der Waals surface area (Å²) in [5.41, 5.74) is 2.26. The molecule has 29 heavy (non-hydrogen) atoms. The van der Waals surface area contributed by atoms with Crippen LogP contribution >= 0.6 is 11.8 Å². The van der Waals surface area contributed by atoms with E-state index in [9.17, 15) is 9.59 Å². The van der Waals surface area contributed by atoms with E-state index in [0.29, 0.717) is 23.0 Å². The lowest BCUT2D eigenvalue weighted by Gasteiger charge is -2.21. The highest BCUT2D eigenvalue weighted by atomic mass is 32.2. The number of nitrogens with zero attached hydrogens (tertiary/aromatic N) is 2. The summed E-state index contributed by atoms with van der Waals surface area (Å²) >= 11 is 1.28. The van der Waals surface area contributed by atoms with Gasteiger partial charge in [-0.2, -0.15) is 0 Å². The molecule has 0 unspecified atom stereocenters. The molecule has 1 aliphatic carbocycles. The third-order valence-electron chi connectivity index (χ3n) is 5.49. The molecule has 0 bridgehead atoms. The molecule has 0 radical (unpaired) electrons. The molecule has 2 aliphatic rings. The van der Waals surface area contributed by atoms with Crippen LogP contribution in [0.25, 0.3) is 10.9 Å². The Morgan fingerprint density at radius 3 is 2.90 bits per heavy atom. The Balaban J connectivity index is 1.56. The van der Waals surface area contributed by atoms with Gasteiger partial charge in [0.1, 0.15) is 0 Å². The summed E-state index contributed by atoms with van der Waals surface area (Å²) in [6.07, 6.45) is 9.73. The maximum atomic E-state index is 13.0. The molecule has 0 spiro atoms. The zero-order chi connectivity index (χ0) is 20.2. The number of nitrogens with one attached hydrogen (secondary N) is 1. The van der Waals surface area contributed by atoms with Crippen LogP contribution in [0, 0.1) is 0 Å².